The number of nitrogens with zero attached hydrogens (tertiary/aromatic N) is 4. The number of allylic oxidation sites excluding steroid dienone is 1. The Morgan fingerprint density at radius 2 is 1.87 bits per heavy atom. The molecule has 12 heteroatoms. The first kappa shape index (κ1) is 26.4. The van der Waals surface area contributed by atoms with Crippen molar-refractivity contribution in [1.82, 2.24) is 14.5 Å². The number of ketones is 2. The topological polar surface area (TPSA) is 182 Å². The highest BCUT2D eigenvalue weighted by Crippen LogP contribution is 2.58. The van der Waals surface area contributed by atoms with E-state index in [1.54, 1.807) is 57.5 Å². The fraction of sp³-hybridized carbons (Fsp3) is 0.407. The lowest BCUT2D eigenvalue weighted by Crippen LogP contribution is -2.65. The number of anilines is 1. The molecule has 0 saturated heterocycles. The number of fused-ring (bicyclic) bond motifs is 3. The van der Waals surface area contributed by atoms with Gasteiger partial charge in [-0.25, -0.2) is 4.98 Å². The maximum Gasteiger partial charge on any atom is 0.255 e. The molecule has 206 valence electrons. The van der Waals surface area contributed by atoms with Crippen molar-refractivity contribution in [2.75, 3.05) is 33.1 Å². The van der Waals surface area contributed by atoms with Crippen molar-refractivity contribution in [3.63, 3.8) is 0 Å². The van der Waals surface area contributed by atoms with Crippen LogP contribution in [0.25, 0.3) is 0 Å². The number of nitrogens with two attached hydrogens (primary N) is 1. The van der Waals surface area contributed by atoms with Crippen LogP contribution in [0.3, 0.4) is 0 Å². The van der Waals surface area contributed by atoms with Crippen LogP contribution < -0.4 is 10.6 Å². The molecule has 1 aromatic heterocycles. The van der Waals surface area contributed by atoms with E-state index in [2.05, 4.69) is 4.98 Å². The minimum absolute atomic E-state index is 0.0352. The summed E-state index contributed by atoms with van der Waals surface area (Å²) in [7, 11) is 6.80. The van der Waals surface area contributed by atoms with E-state index in [0.717, 1.165) is 0 Å². The molecule has 1 heterocycles. The number of benzene rings is 1. The van der Waals surface area contributed by atoms with Crippen LogP contribution in [0, 0.1) is 11.3 Å². The molecule has 2 aromatic rings. The number of carbonyl (C=O) groups excluding carboxylic acids is 3. The van der Waals surface area contributed by atoms with Gasteiger partial charge in [0.25, 0.3) is 5.91 Å². The van der Waals surface area contributed by atoms with Gasteiger partial charge in [-0.2, -0.15) is 0 Å². The third-order valence-electron chi connectivity index (χ3n) is 8.33. The van der Waals surface area contributed by atoms with Crippen LogP contribution in [-0.2, 0) is 22.6 Å². The Morgan fingerprint density at radius 1 is 1.18 bits per heavy atom. The molecule has 12 nitrogen and oxygen atoms in total. The standard InChI is InChI=1S/C27H31N5O7/c1-30(2)15-5-6-16(33)17-13(15)9-26(11-32-8-7-29-12-32)10-14-20(31(3)4)22(35)18(25(28)38)23(36)27(14,39)24(37)19(26)21(17)34/h5-8,12,14,20,33,35,37,39H,9-11H2,1-4H3,(H2,28,38)/t14-,20-,26-,27+/m0/s1. The second kappa shape index (κ2) is 8.68. The highest BCUT2D eigenvalue weighted by molar-refractivity contribution is 6.25. The summed E-state index contributed by atoms with van der Waals surface area (Å²) in [6.45, 7) is 0.133. The lowest BCUT2D eigenvalue weighted by molar-refractivity contribution is -0.150. The van der Waals surface area contributed by atoms with E-state index in [-0.39, 0.29) is 36.3 Å². The van der Waals surface area contributed by atoms with Gasteiger partial charge < -0.3 is 35.6 Å². The summed E-state index contributed by atoms with van der Waals surface area (Å²) in [6.07, 6.45) is 4.92. The number of hydrogen-bond acceptors (Lipinski definition) is 10. The normalized spacial score (nSPS) is 28.4. The van der Waals surface area contributed by atoms with E-state index < -0.39 is 57.5 Å². The van der Waals surface area contributed by atoms with Crippen molar-refractivity contribution in [3.05, 3.63) is 64.6 Å². The summed E-state index contributed by atoms with van der Waals surface area (Å²) in [4.78, 5) is 47.5. The number of phenols is 1. The van der Waals surface area contributed by atoms with E-state index >= 15 is 0 Å². The fourth-order valence-electron chi connectivity index (χ4n) is 6.77. The molecular formula is C27H31N5O7. The first-order chi connectivity index (χ1) is 18.3. The average molecular weight is 538 g/mol. The third-order valence-corrected chi connectivity index (χ3v) is 8.33. The van der Waals surface area contributed by atoms with Crippen molar-refractivity contribution >= 4 is 23.2 Å². The number of amides is 1. The maximum absolute atomic E-state index is 14.2. The number of aliphatic hydroxyl groups is 3. The number of imidazole rings is 1. The van der Waals surface area contributed by atoms with Crippen LogP contribution in [0.5, 0.6) is 5.75 Å². The van der Waals surface area contributed by atoms with Crippen LogP contribution in [0.15, 0.2) is 53.5 Å². The minimum atomic E-state index is -2.72. The van der Waals surface area contributed by atoms with Crippen molar-refractivity contribution in [2.45, 2.75) is 31.0 Å². The number of carbonyl (C=O) groups is 3. The number of likely N-dealkylation sites (N-methyl/N-ethyl adjacent to an activating group) is 1. The molecule has 4 atom stereocenters. The van der Waals surface area contributed by atoms with E-state index in [1.165, 1.54) is 11.0 Å². The molecule has 3 aliphatic rings. The smallest absolute Gasteiger partial charge is 0.255 e. The number of phenolic OH excluding ortho intramolecular Hbond substituents is 1. The van der Waals surface area contributed by atoms with Crippen molar-refractivity contribution in [3.8, 4) is 5.75 Å². The minimum Gasteiger partial charge on any atom is -0.510 e. The molecule has 1 amide bonds. The Kier molecular flexibility index (Phi) is 5.89. The molecule has 0 radical (unpaired) electrons. The number of primary amides is 1. The zero-order valence-corrected chi connectivity index (χ0v) is 22.0. The molecule has 0 bridgehead atoms. The Bertz CT molecular complexity index is 1480. The predicted molar refractivity (Wildman–Crippen MR) is 139 cm³/mol. The van der Waals surface area contributed by atoms with Gasteiger partial charge in [-0.1, -0.05) is 0 Å². The van der Waals surface area contributed by atoms with Crippen LogP contribution in [0.4, 0.5) is 5.69 Å². The number of aromatic nitrogens is 2. The zero-order valence-electron chi connectivity index (χ0n) is 22.0. The molecule has 1 aromatic carbocycles. The van der Waals surface area contributed by atoms with Crippen molar-refractivity contribution in [1.29, 1.82) is 0 Å². The zero-order chi connectivity index (χ0) is 28.6. The number of rotatable bonds is 5. The van der Waals surface area contributed by atoms with Crippen molar-refractivity contribution < 1.29 is 34.8 Å². The predicted octanol–water partition coefficient (Wildman–Crippen LogP) is 0.454. The number of hydrogen-bond donors (Lipinski definition) is 5. The van der Waals surface area contributed by atoms with Gasteiger partial charge in [0.2, 0.25) is 5.78 Å². The number of aliphatic hydroxyl groups excluding tert-OH is 2. The van der Waals surface area contributed by atoms with Crippen LogP contribution in [0.1, 0.15) is 22.3 Å². The first-order valence-electron chi connectivity index (χ1n) is 12.4. The average Bonchev–Trinajstić information content (AvgIpc) is 3.33. The van der Waals surface area contributed by atoms with Gasteiger partial charge in [-0.3, -0.25) is 19.3 Å². The van der Waals surface area contributed by atoms with Gasteiger partial charge in [-0.05, 0) is 44.6 Å². The molecule has 6 N–H and O–H groups in total. The lowest BCUT2D eigenvalue weighted by Gasteiger charge is -2.54. The summed E-state index contributed by atoms with van der Waals surface area (Å²) >= 11 is 0. The van der Waals surface area contributed by atoms with Gasteiger partial charge in [0.1, 0.15) is 22.8 Å². The number of Topliss-reactive ketones (excluding diaryl/α,β-unsaturated/α-hetero) is 2. The van der Waals surface area contributed by atoms with Gasteiger partial charge in [-0.15, -0.1) is 0 Å². The van der Waals surface area contributed by atoms with E-state index in [0.29, 0.717) is 11.3 Å². The molecule has 39 heavy (non-hydrogen) atoms. The molecule has 0 unspecified atom stereocenters. The molecule has 5 rings (SSSR count). The molecule has 0 aliphatic heterocycles. The van der Waals surface area contributed by atoms with Gasteiger partial charge in [0.15, 0.2) is 11.4 Å². The molecular weight excluding hydrogens is 506 g/mol. The maximum atomic E-state index is 14.2. The summed E-state index contributed by atoms with van der Waals surface area (Å²) in [6, 6.07) is 1.99. The third kappa shape index (κ3) is 3.51. The first-order valence-corrected chi connectivity index (χ1v) is 12.4. The van der Waals surface area contributed by atoms with Crippen LogP contribution in [-0.4, -0.2) is 92.2 Å². The van der Waals surface area contributed by atoms with Gasteiger partial charge in [0, 0.05) is 55.6 Å². The molecule has 0 saturated carbocycles. The molecule has 0 fully saturated rings. The second-order valence-corrected chi connectivity index (χ2v) is 11.0. The highest BCUT2D eigenvalue weighted by atomic mass is 16.3. The lowest BCUT2D eigenvalue weighted by atomic mass is 9.52. The molecule has 3 aliphatic carbocycles. The Labute approximate surface area is 224 Å². The highest BCUT2D eigenvalue weighted by Gasteiger charge is 2.66. The van der Waals surface area contributed by atoms with Crippen molar-refractivity contribution in [2.24, 2.45) is 17.1 Å². The Hall–Kier alpha value is -4.16. The van der Waals surface area contributed by atoms with E-state index in [1.807, 2.05) is 4.90 Å². The van der Waals surface area contributed by atoms with E-state index in [9.17, 15) is 34.8 Å². The summed E-state index contributed by atoms with van der Waals surface area (Å²) in [5.41, 5.74) is 1.64. The number of aromatic hydroxyl groups is 1. The summed E-state index contributed by atoms with van der Waals surface area (Å²) < 4.78 is 1.73. The second-order valence-electron chi connectivity index (χ2n) is 11.0. The van der Waals surface area contributed by atoms with Gasteiger partial charge in [0.05, 0.1) is 17.9 Å². The quantitative estimate of drug-likeness (QED) is 0.336. The fourth-order valence-corrected chi connectivity index (χ4v) is 6.77. The monoisotopic (exact) mass is 537 g/mol. The van der Waals surface area contributed by atoms with Crippen LogP contribution in [0.2, 0.25) is 0 Å². The largest absolute Gasteiger partial charge is 0.510 e. The van der Waals surface area contributed by atoms with Crippen LogP contribution >= 0.6 is 0 Å². The van der Waals surface area contributed by atoms with Gasteiger partial charge >= 0.3 is 0 Å². The summed E-state index contributed by atoms with van der Waals surface area (Å²) in [5, 5.41) is 45.6. The molecule has 0 spiro atoms. The summed E-state index contributed by atoms with van der Waals surface area (Å²) in [5.74, 6) is -6.26. The Balaban J connectivity index is 1.85. The Morgan fingerprint density at radius 3 is 2.44 bits per heavy atom. The van der Waals surface area contributed by atoms with E-state index in [4.69, 9.17) is 5.73 Å². The SMILES string of the molecule is CN(C)c1ccc(O)c2c1C[C@@]1(Cn3ccnc3)C[C@H]3[C@H](N(C)C)C(O)=C(C(N)=O)C(=O)[C@@]3(O)C(O)=C1C2=O.